The number of hydrogen-bond donors (Lipinski definition) is 3. The summed E-state index contributed by atoms with van der Waals surface area (Å²) in [5.41, 5.74) is 7.46. The quantitative estimate of drug-likeness (QED) is 0.259. The number of aromatic nitrogens is 5. The van der Waals surface area contributed by atoms with Crippen LogP contribution in [0.4, 0.5) is 10.1 Å². The number of nitrogens with zero attached hydrogens (tertiary/aromatic N) is 5. The van der Waals surface area contributed by atoms with Crippen LogP contribution in [0.2, 0.25) is 5.02 Å². The molecule has 0 amide bonds. The molecule has 0 spiro atoms. The van der Waals surface area contributed by atoms with Gasteiger partial charge in [0.25, 0.3) is 0 Å². The van der Waals surface area contributed by atoms with Crippen LogP contribution in [0.3, 0.4) is 0 Å². The van der Waals surface area contributed by atoms with Crippen LogP contribution in [-0.4, -0.2) is 57.2 Å². The first-order valence-corrected chi connectivity index (χ1v) is 13.5. The van der Waals surface area contributed by atoms with Gasteiger partial charge in [0.15, 0.2) is 12.1 Å². The molecule has 4 heterocycles. The highest BCUT2D eigenvalue weighted by atomic mass is 35.5. The molecule has 0 radical (unpaired) electrons. The first-order chi connectivity index (χ1) is 19.5. The Labute approximate surface area is 236 Å². The second kappa shape index (κ2) is 11.7. The molecule has 0 aliphatic carbocycles. The summed E-state index contributed by atoms with van der Waals surface area (Å²) >= 11 is 6.37. The molecule has 1 fully saturated rings. The Bertz CT molecular complexity index is 1500. The molecule has 3 aromatic heterocycles. The third-order valence-corrected chi connectivity index (χ3v) is 7.46. The minimum absolute atomic E-state index is 0.0246. The van der Waals surface area contributed by atoms with E-state index >= 15 is 0 Å². The Morgan fingerprint density at radius 2 is 2.12 bits per heavy atom. The van der Waals surface area contributed by atoms with Gasteiger partial charge >= 0.3 is 0 Å². The molecule has 1 saturated heterocycles. The summed E-state index contributed by atoms with van der Waals surface area (Å²) in [5, 5.41) is 11.1. The third kappa shape index (κ3) is 4.70. The van der Waals surface area contributed by atoms with Crippen LogP contribution >= 0.6 is 11.6 Å². The largest absolute Gasteiger partial charge is 0.477 e. The molecule has 5 rings (SSSR count). The number of H-pyrrole nitrogens is 1. The van der Waals surface area contributed by atoms with E-state index in [9.17, 15) is 9.18 Å². The van der Waals surface area contributed by atoms with E-state index in [1.807, 2.05) is 43.0 Å². The van der Waals surface area contributed by atoms with Gasteiger partial charge < -0.3 is 20.7 Å². The maximum atomic E-state index is 14.8. The molecule has 0 saturated carbocycles. The fourth-order valence-corrected chi connectivity index (χ4v) is 5.71. The highest BCUT2D eigenvalue weighted by Crippen LogP contribution is 2.45. The lowest BCUT2D eigenvalue weighted by Gasteiger charge is -2.52. The molecule has 1 aliphatic rings. The van der Waals surface area contributed by atoms with Gasteiger partial charge in [-0.05, 0) is 43.7 Å². The van der Waals surface area contributed by atoms with Crippen molar-refractivity contribution in [1.82, 2.24) is 30.5 Å². The van der Waals surface area contributed by atoms with E-state index in [0.717, 1.165) is 17.2 Å². The molecular formula is C28H30ClFN8O2. The molecule has 0 bridgehead atoms. The lowest BCUT2D eigenvalue weighted by molar-refractivity contribution is 0.112. The number of nitrogens with two attached hydrogens (primary N) is 1. The van der Waals surface area contributed by atoms with Gasteiger partial charge in [-0.15, -0.1) is 0 Å². The summed E-state index contributed by atoms with van der Waals surface area (Å²) in [6.07, 6.45) is 4.72. The maximum absolute atomic E-state index is 14.8. The van der Waals surface area contributed by atoms with Gasteiger partial charge in [0.2, 0.25) is 5.88 Å². The molecule has 2 atom stereocenters. The standard InChI is InChI=1S/C28H30ClFN8O2/c1-3-24-28(27-35-25(14-31)36-37-27,38(11-10-32-24)23-13-18(30)12-21(29)20(23)16-39)17-7-8-22(34-15-17)19-6-5-9-33-26(19)40-4-2/h5-9,12-13,15-16,24,32H,3-4,10-11,14,31H2,1-2H3,(H,35,36,37). The zero-order valence-electron chi connectivity index (χ0n) is 22.2. The number of anilines is 1. The van der Waals surface area contributed by atoms with Crippen molar-refractivity contribution in [3.8, 4) is 17.1 Å². The van der Waals surface area contributed by atoms with E-state index in [0.29, 0.717) is 61.3 Å². The van der Waals surface area contributed by atoms with Crippen molar-refractivity contribution in [3.63, 3.8) is 0 Å². The lowest BCUT2D eigenvalue weighted by atomic mass is 9.77. The number of ether oxygens (including phenoxy) is 1. The van der Waals surface area contributed by atoms with Gasteiger partial charge in [-0.2, -0.15) is 5.10 Å². The Morgan fingerprint density at radius 3 is 2.80 bits per heavy atom. The van der Waals surface area contributed by atoms with Gasteiger partial charge in [-0.1, -0.05) is 24.6 Å². The van der Waals surface area contributed by atoms with Gasteiger partial charge in [0, 0.05) is 37.1 Å². The van der Waals surface area contributed by atoms with Crippen molar-refractivity contribution in [3.05, 3.63) is 82.4 Å². The van der Waals surface area contributed by atoms with Crippen LogP contribution in [0.15, 0.2) is 48.8 Å². The predicted octanol–water partition coefficient (Wildman–Crippen LogP) is 3.86. The summed E-state index contributed by atoms with van der Waals surface area (Å²) in [7, 11) is 0. The zero-order valence-corrected chi connectivity index (χ0v) is 23.0. The molecule has 1 aromatic carbocycles. The van der Waals surface area contributed by atoms with Crippen molar-refractivity contribution in [1.29, 1.82) is 0 Å². The molecule has 40 heavy (non-hydrogen) atoms. The fourth-order valence-electron chi connectivity index (χ4n) is 5.46. The van der Waals surface area contributed by atoms with Gasteiger partial charge in [-0.3, -0.25) is 14.9 Å². The van der Waals surface area contributed by atoms with E-state index in [-0.39, 0.29) is 23.2 Å². The highest BCUT2D eigenvalue weighted by Gasteiger charge is 2.52. The average molecular weight is 565 g/mol. The number of carbonyl (C=O) groups is 1. The number of pyridine rings is 2. The van der Waals surface area contributed by atoms with Crippen molar-refractivity contribution in [2.24, 2.45) is 5.73 Å². The summed E-state index contributed by atoms with van der Waals surface area (Å²) in [4.78, 5) is 28.1. The number of piperazine rings is 1. The third-order valence-electron chi connectivity index (χ3n) is 7.14. The molecule has 12 heteroatoms. The van der Waals surface area contributed by atoms with Crippen molar-refractivity contribution in [2.75, 3.05) is 24.6 Å². The van der Waals surface area contributed by atoms with Gasteiger partial charge in [-0.25, -0.2) is 14.4 Å². The minimum atomic E-state index is -1.10. The Balaban J connectivity index is 1.76. The number of rotatable bonds is 9. The van der Waals surface area contributed by atoms with E-state index in [1.165, 1.54) is 6.07 Å². The van der Waals surface area contributed by atoms with Crippen LogP contribution in [0, 0.1) is 5.82 Å². The SMILES string of the molecule is CCOc1ncccc1-c1ccc(C2(c3n[nH]c(CN)n3)C(CC)NCCN2c2cc(F)cc(Cl)c2C=O)cn1. The Kier molecular flexibility index (Phi) is 8.06. The summed E-state index contributed by atoms with van der Waals surface area (Å²) in [6, 6.07) is 9.74. The van der Waals surface area contributed by atoms with E-state index in [4.69, 9.17) is 32.0 Å². The van der Waals surface area contributed by atoms with Crippen LogP contribution in [0.25, 0.3) is 11.3 Å². The summed E-state index contributed by atoms with van der Waals surface area (Å²) in [5.74, 6) is 0.829. The van der Waals surface area contributed by atoms with E-state index < -0.39 is 11.4 Å². The zero-order chi connectivity index (χ0) is 28.3. The monoisotopic (exact) mass is 564 g/mol. The Hall–Kier alpha value is -3.93. The second-order valence-electron chi connectivity index (χ2n) is 9.30. The van der Waals surface area contributed by atoms with Crippen LogP contribution in [0.1, 0.15) is 47.8 Å². The first-order valence-electron chi connectivity index (χ1n) is 13.1. The van der Waals surface area contributed by atoms with E-state index in [1.54, 1.807) is 12.4 Å². The van der Waals surface area contributed by atoms with Crippen LogP contribution in [0.5, 0.6) is 5.88 Å². The molecular weight excluding hydrogens is 535 g/mol. The minimum Gasteiger partial charge on any atom is -0.477 e. The summed E-state index contributed by atoms with van der Waals surface area (Å²) < 4.78 is 20.5. The molecule has 1 aliphatic heterocycles. The van der Waals surface area contributed by atoms with Crippen molar-refractivity contribution >= 4 is 23.6 Å². The Morgan fingerprint density at radius 1 is 1.27 bits per heavy atom. The molecule has 208 valence electrons. The number of aromatic amines is 1. The number of benzene rings is 1. The lowest BCUT2D eigenvalue weighted by Crippen LogP contribution is -2.66. The normalized spacial score (nSPS) is 19.0. The van der Waals surface area contributed by atoms with Crippen LogP contribution in [-0.2, 0) is 12.1 Å². The molecule has 4 N–H and O–H groups in total. The van der Waals surface area contributed by atoms with E-state index in [2.05, 4.69) is 20.5 Å². The van der Waals surface area contributed by atoms with Crippen molar-refractivity contribution in [2.45, 2.75) is 38.4 Å². The highest BCUT2D eigenvalue weighted by molar-refractivity contribution is 6.33. The topological polar surface area (TPSA) is 135 Å². The number of aldehydes is 1. The first kappa shape index (κ1) is 27.6. The van der Waals surface area contributed by atoms with Crippen LogP contribution < -0.4 is 20.7 Å². The van der Waals surface area contributed by atoms with Gasteiger partial charge in [0.1, 0.15) is 17.2 Å². The maximum Gasteiger partial charge on any atom is 0.222 e. The number of halogens is 2. The number of carbonyl (C=O) groups excluding carboxylic acids is 1. The molecule has 2 unspecified atom stereocenters. The van der Waals surface area contributed by atoms with Gasteiger partial charge in [0.05, 0.1) is 40.7 Å². The summed E-state index contributed by atoms with van der Waals surface area (Å²) in [6.45, 7) is 5.53. The smallest absolute Gasteiger partial charge is 0.222 e. The van der Waals surface area contributed by atoms with Crippen molar-refractivity contribution < 1.29 is 13.9 Å². The fraction of sp³-hybridized carbons (Fsp3) is 0.321. The predicted molar refractivity (Wildman–Crippen MR) is 150 cm³/mol. The average Bonchev–Trinajstić information content (AvgIpc) is 3.46. The number of hydrogen-bond acceptors (Lipinski definition) is 9. The molecule has 10 nitrogen and oxygen atoms in total. The second-order valence-corrected chi connectivity index (χ2v) is 9.71. The number of nitrogens with one attached hydrogen (secondary N) is 2. The molecule has 4 aromatic rings.